The van der Waals surface area contributed by atoms with Gasteiger partial charge >= 0.3 is 0 Å². The van der Waals surface area contributed by atoms with Crippen LogP contribution in [0.15, 0.2) is 0 Å². The van der Waals surface area contributed by atoms with Gasteiger partial charge in [-0.3, -0.25) is 19.3 Å². The molecule has 11 N–H and O–H groups in total. The van der Waals surface area contributed by atoms with Crippen LogP contribution in [0.4, 0.5) is 0 Å². The molecule has 43 heavy (non-hydrogen) atoms. The summed E-state index contributed by atoms with van der Waals surface area (Å²) in [6, 6.07) is -4.91. The molecule has 0 aliphatic carbocycles. The standard InChI is InChI=1S/C24H41N3O16/c1-8(32)26-11(4-28)17(36)21(12(35)5-29)42-23-15(25)19(38)22(14(7-31)41-23)43-24-16(27(9(2)33)10(3)34)20(39)18(37)13(6-30)40-24/h4,11-24,29-31,35-39H,5-7,25H2,1-3H3,(H,26,32)/t11-,12+,13+,14+,15+,16+,17+,18+,19+,20+,21+,22+,23-,24-/m0/s1. The summed E-state index contributed by atoms with van der Waals surface area (Å²) in [5.41, 5.74) is 6.09. The molecule has 2 aliphatic rings. The van der Waals surface area contributed by atoms with Crippen molar-refractivity contribution >= 4 is 24.0 Å². The summed E-state index contributed by atoms with van der Waals surface area (Å²) in [6.45, 7) is 0.327. The van der Waals surface area contributed by atoms with Crippen molar-refractivity contribution in [3.8, 4) is 0 Å². The Morgan fingerprint density at radius 3 is 1.95 bits per heavy atom. The normalized spacial score (nSPS) is 35.7. The average molecular weight is 628 g/mol. The summed E-state index contributed by atoms with van der Waals surface area (Å²) >= 11 is 0. The lowest BCUT2D eigenvalue weighted by atomic mass is 9.94. The highest BCUT2D eigenvalue weighted by Crippen LogP contribution is 2.32. The third-order valence-corrected chi connectivity index (χ3v) is 7.10. The molecule has 14 atom stereocenters. The maximum absolute atomic E-state index is 12.3. The third-order valence-electron chi connectivity index (χ3n) is 7.10. The Hall–Kier alpha value is -2.24. The van der Waals surface area contributed by atoms with Crippen LogP contribution in [0.3, 0.4) is 0 Å². The number of carbonyl (C=O) groups excluding carboxylic acids is 4. The van der Waals surface area contributed by atoms with Crippen LogP contribution in [0.1, 0.15) is 20.8 Å². The molecule has 19 heteroatoms. The van der Waals surface area contributed by atoms with Crippen LogP contribution >= 0.6 is 0 Å². The third kappa shape index (κ3) is 8.48. The molecular weight excluding hydrogens is 586 g/mol. The molecule has 0 unspecified atom stereocenters. The zero-order valence-electron chi connectivity index (χ0n) is 23.6. The zero-order chi connectivity index (χ0) is 32.8. The van der Waals surface area contributed by atoms with Crippen molar-refractivity contribution in [2.24, 2.45) is 5.73 Å². The first-order chi connectivity index (χ1) is 20.1. The monoisotopic (exact) mass is 627 g/mol. The van der Waals surface area contributed by atoms with Gasteiger partial charge in [-0.2, -0.15) is 0 Å². The molecule has 0 radical (unpaired) electrons. The number of rotatable bonds is 13. The molecule has 19 nitrogen and oxygen atoms in total. The van der Waals surface area contributed by atoms with Gasteiger partial charge in [0.05, 0.1) is 25.9 Å². The lowest BCUT2D eigenvalue weighted by Gasteiger charge is -2.49. The number of amides is 3. The predicted octanol–water partition coefficient (Wildman–Crippen LogP) is -7.22. The van der Waals surface area contributed by atoms with E-state index in [4.69, 9.17) is 24.7 Å². The average Bonchev–Trinajstić information content (AvgIpc) is 2.95. The van der Waals surface area contributed by atoms with Crippen molar-refractivity contribution < 1.29 is 79.0 Å². The SMILES string of the molecule is CC(=O)N[C@@H](C=O)[C@@H](O)[C@H](O[C@@H]1O[C@H](CO)[C@@H](O[C@@H]2O[C@H](CO)[C@@H](O)[C@H](O)[C@H]2N(C(C)=O)C(C)=O)[C@H](O)[C@H]1N)[C@H](O)CO. The zero-order valence-corrected chi connectivity index (χ0v) is 23.6. The Labute approximate surface area is 245 Å². The quantitative estimate of drug-likeness (QED) is 0.0848. The van der Waals surface area contributed by atoms with Crippen LogP contribution < -0.4 is 11.1 Å². The number of aldehydes is 1. The summed E-state index contributed by atoms with van der Waals surface area (Å²) in [4.78, 5) is 48.0. The van der Waals surface area contributed by atoms with E-state index < -0.39 is 123 Å². The number of hydrogen-bond acceptors (Lipinski definition) is 17. The van der Waals surface area contributed by atoms with Gasteiger partial charge in [0.15, 0.2) is 12.6 Å². The lowest BCUT2D eigenvalue weighted by molar-refractivity contribution is -0.344. The maximum atomic E-state index is 12.3. The lowest BCUT2D eigenvalue weighted by Crippen LogP contribution is -2.70. The first kappa shape index (κ1) is 36.9. The smallest absolute Gasteiger partial charge is 0.226 e. The number of nitrogens with one attached hydrogen (secondary N) is 1. The van der Waals surface area contributed by atoms with E-state index in [0.717, 1.165) is 20.8 Å². The van der Waals surface area contributed by atoms with Crippen molar-refractivity contribution in [2.75, 3.05) is 19.8 Å². The van der Waals surface area contributed by atoms with Crippen LogP contribution in [-0.4, -0.2) is 175 Å². The van der Waals surface area contributed by atoms with E-state index >= 15 is 0 Å². The predicted molar refractivity (Wildman–Crippen MR) is 137 cm³/mol. The molecule has 248 valence electrons. The molecule has 0 bridgehead atoms. The van der Waals surface area contributed by atoms with E-state index in [1.54, 1.807) is 0 Å². The first-order valence-electron chi connectivity index (χ1n) is 13.3. The minimum Gasteiger partial charge on any atom is -0.394 e. The second-order valence-corrected chi connectivity index (χ2v) is 10.2. The van der Waals surface area contributed by atoms with Crippen molar-refractivity contribution in [3.63, 3.8) is 0 Å². The number of aliphatic hydroxyl groups is 8. The Bertz CT molecular complexity index is 944. The summed E-state index contributed by atoms with van der Waals surface area (Å²) in [5.74, 6) is -2.45. The fraction of sp³-hybridized carbons (Fsp3) is 0.833. The highest BCUT2D eigenvalue weighted by atomic mass is 16.7. The molecule has 2 fully saturated rings. The van der Waals surface area contributed by atoms with Gasteiger partial charge in [-0.15, -0.1) is 0 Å². The van der Waals surface area contributed by atoms with E-state index in [1.165, 1.54) is 0 Å². The number of nitrogens with two attached hydrogens (primary N) is 1. The van der Waals surface area contributed by atoms with Crippen molar-refractivity contribution in [2.45, 2.75) is 106 Å². The molecule has 2 aliphatic heterocycles. The minimum absolute atomic E-state index is 0.153. The number of ether oxygens (including phenoxy) is 4. The second kappa shape index (κ2) is 16.2. The number of aliphatic hydroxyl groups excluding tert-OH is 8. The first-order valence-corrected chi connectivity index (χ1v) is 13.3. The number of carbonyl (C=O) groups is 4. The molecule has 2 rings (SSSR count). The van der Waals surface area contributed by atoms with E-state index in [1.807, 2.05) is 0 Å². The molecule has 0 aromatic rings. The van der Waals surface area contributed by atoms with Gasteiger partial charge in [-0.25, -0.2) is 0 Å². The largest absolute Gasteiger partial charge is 0.394 e. The molecule has 0 saturated carbocycles. The van der Waals surface area contributed by atoms with E-state index in [9.17, 15) is 60.0 Å². The van der Waals surface area contributed by atoms with Gasteiger partial charge in [-0.05, 0) is 0 Å². The Kier molecular flexibility index (Phi) is 13.9. The molecule has 0 aromatic heterocycles. The fourth-order valence-corrected chi connectivity index (χ4v) is 4.93. The summed E-state index contributed by atoms with van der Waals surface area (Å²) in [5, 5.41) is 84.4. The highest BCUT2D eigenvalue weighted by molar-refractivity contribution is 5.93. The number of imide groups is 1. The van der Waals surface area contributed by atoms with Crippen LogP contribution in [-0.2, 0) is 38.1 Å². The fourth-order valence-electron chi connectivity index (χ4n) is 4.93. The van der Waals surface area contributed by atoms with Crippen LogP contribution in [0.2, 0.25) is 0 Å². The van der Waals surface area contributed by atoms with Gasteiger partial charge in [0, 0.05) is 20.8 Å². The summed E-state index contributed by atoms with van der Waals surface area (Å²) < 4.78 is 22.4. The highest BCUT2D eigenvalue weighted by Gasteiger charge is 2.54. The van der Waals surface area contributed by atoms with E-state index in [2.05, 4.69) is 5.32 Å². The molecule has 0 aromatic carbocycles. The second-order valence-electron chi connectivity index (χ2n) is 10.2. The molecular formula is C24H41N3O16. The number of hydrogen-bond donors (Lipinski definition) is 10. The van der Waals surface area contributed by atoms with Gasteiger partial charge < -0.3 is 75.6 Å². The van der Waals surface area contributed by atoms with Crippen LogP contribution in [0.25, 0.3) is 0 Å². The van der Waals surface area contributed by atoms with Crippen LogP contribution in [0.5, 0.6) is 0 Å². The maximum Gasteiger partial charge on any atom is 0.226 e. The van der Waals surface area contributed by atoms with Crippen molar-refractivity contribution in [1.29, 1.82) is 0 Å². The number of nitrogens with zero attached hydrogens (tertiary/aromatic N) is 1. The Morgan fingerprint density at radius 2 is 1.49 bits per heavy atom. The molecule has 0 spiro atoms. The van der Waals surface area contributed by atoms with Gasteiger partial charge in [0.25, 0.3) is 0 Å². The summed E-state index contributed by atoms with van der Waals surface area (Å²) in [6.07, 6.45) is -19.2. The van der Waals surface area contributed by atoms with Gasteiger partial charge in [0.2, 0.25) is 17.7 Å². The van der Waals surface area contributed by atoms with Gasteiger partial charge in [-0.1, -0.05) is 0 Å². The summed E-state index contributed by atoms with van der Waals surface area (Å²) in [7, 11) is 0. The van der Waals surface area contributed by atoms with E-state index in [0.29, 0.717) is 4.90 Å². The Morgan fingerprint density at radius 1 is 0.930 bits per heavy atom. The van der Waals surface area contributed by atoms with Crippen molar-refractivity contribution in [3.05, 3.63) is 0 Å². The minimum atomic E-state index is -1.96. The van der Waals surface area contributed by atoms with Gasteiger partial charge in [0.1, 0.15) is 73.3 Å². The topological polar surface area (TPSA) is 308 Å². The molecule has 2 heterocycles. The van der Waals surface area contributed by atoms with Crippen LogP contribution in [0, 0.1) is 0 Å². The Balaban J connectivity index is 2.37. The molecule has 3 amide bonds. The molecule has 2 saturated heterocycles. The van der Waals surface area contributed by atoms with E-state index in [-0.39, 0.29) is 6.29 Å². The van der Waals surface area contributed by atoms with Crippen molar-refractivity contribution in [1.82, 2.24) is 10.2 Å².